The number of aromatic nitrogens is 2. The molecule has 1 aliphatic heterocycles. The van der Waals surface area contributed by atoms with Gasteiger partial charge in [0.05, 0.1) is 0 Å². The van der Waals surface area contributed by atoms with Gasteiger partial charge in [-0.3, -0.25) is 0 Å². The number of aliphatic imine (C=N–C) groups is 1. The van der Waals surface area contributed by atoms with Gasteiger partial charge in [-0.1, -0.05) is 0 Å². The summed E-state index contributed by atoms with van der Waals surface area (Å²) in [5.41, 5.74) is 0.725. The third-order valence-electron chi connectivity index (χ3n) is 1.58. The highest BCUT2D eigenvalue weighted by Crippen LogP contribution is 2.31. The predicted octanol–water partition coefficient (Wildman–Crippen LogP) is 0.736. The first-order valence-corrected chi connectivity index (χ1v) is 3.61. The summed E-state index contributed by atoms with van der Waals surface area (Å²) in [7, 11) is 1.80. The van der Waals surface area contributed by atoms with Crippen LogP contribution in [0.2, 0.25) is 0 Å². The molecule has 0 bridgehead atoms. The average Bonchev–Trinajstić information content (AvgIpc) is 2.50. The number of anilines is 1. The van der Waals surface area contributed by atoms with Gasteiger partial charge in [0.15, 0.2) is 17.3 Å². The minimum atomic E-state index is 0.645. The first-order chi connectivity index (χ1) is 5.81. The summed E-state index contributed by atoms with van der Waals surface area (Å²) < 4.78 is 0. The molecule has 0 fully saturated rings. The van der Waals surface area contributed by atoms with E-state index < -0.39 is 0 Å². The Bertz CT molecular complexity index is 344. The first-order valence-electron chi connectivity index (χ1n) is 3.61. The second-order valence-electron chi connectivity index (χ2n) is 2.42. The van der Waals surface area contributed by atoms with Gasteiger partial charge < -0.3 is 5.32 Å². The van der Waals surface area contributed by atoms with Crippen molar-refractivity contribution in [2.24, 2.45) is 4.99 Å². The molecular formula is C7H8N5. The minimum Gasteiger partial charge on any atom is -0.371 e. The lowest BCUT2D eigenvalue weighted by atomic mass is 10.4. The van der Waals surface area contributed by atoms with Crippen molar-refractivity contribution in [2.75, 3.05) is 12.4 Å². The largest absolute Gasteiger partial charge is 0.371 e. The van der Waals surface area contributed by atoms with Gasteiger partial charge in [-0.05, 0) is 6.92 Å². The van der Waals surface area contributed by atoms with E-state index in [1.165, 1.54) is 6.34 Å². The van der Waals surface area contributed by atoms with Crippen molar-refractivity contribution in [1.29, 1.82) is 0 Å². The van der Waals surface area contributed by atoms with Crippen molar-refractivity contribution in [3.8, 4) is 0 Å². The van der Waals surface area contributed by atoms with Crippen LogP contribution in [0.4, 0.5) is 17.3 Å². The molecule has 0 saturated carbocycles. The third kappa shape index (κ3) is 0.903. The lowest BCUT2D eigenvalue weighted by Gasteiger charge is -2.04. The standard InChI is InChI=1S/C7H8N5/c1-4-11-6(8-2)5-7(12-4)10-3-9-5/h3H,1-2H3,(H,8,11,12). The summed E-state index contributed by atoms with van der Waals surface area (Å²) in [5, 5.41) is 6.98. The Morgan fingerprint density at radius 1 is 1.33 bits per heavy atom. The lowest BCUT2D eigenvalue weighted by molar-refractivity contribution is 1.04. The van der Waals surface area contributed by atoms with Crippen LogP contribution in [0.1, 0.15) is 5.82 Å². The molecule has 1 aliphatic rings. The Labute approximate surface area is 70.0 Å². The quantitative estimate of drug-likeness (QED) is 0.662. The van der Waals surface area contributed by atoms with E-state index in [2.05, 4.69) is 25.6 Å². The highest BCUT2D eigenvalue weighted by atomic mass is 15.2. The molecular weight excluding hydrogens is 154 g/mol. The monoisotopic (exact) mass is 162 g/mol. The topological polar surface area (TPSA) is 64.3 Å². The molecule has 0 saturated heterocycles. The van der Waals surface area contributed by atoms with Crippen molar-refractivity contribution < 1.29 is 0 Å². The maximum Gasteiger partial charge on any atom is 0.185 e. The second kappa shape index (κ2) is 2.44. The molecule has 1 aromatic rings. The normalized spacial score (nSPS) is 12.5. The molecule has 0 atom stereocenters. The molecule has 12 heavy (non-hydrogen) atoms. The van der Waals surface area contributed by atoms with Crippen LogP contribution in [-0.2, 0) is 0 Å². The Hall–Kier alpha value is -1.65. The summed E-state index contributed by atoms with van der Waals surface area (Å²) in [6, 6.07) is 0. The fourth-order valence-electron chi connectivity index (χ4n) is 1.08. The molecule has 1 radical (unpaired) electrons. The fraction of sp³-hybridized carbons (Fsp3) is 0.286. The Balaban J connectivity index is 2.59. The number of rotatable bonds is 1. The van der Waals surface area contributed by atoms with Crippen LogP contribution in [0.25, 0.3) is 0 Å². The van der Waals surface area contributed by atoms with Crippen LogP contribution >= 0.6 is 0 Å². The van der Waals surface area contributed by atoms with E-state index in [4.69, 9.17) is 0 Å². The van der Waals surface area contributed by atoms with E-state index in [9.17, 15) is 0 Å². The molecule has 61 valence electrons. The Morgan fingerprint density at radius 3 is 2.92 bits per heavy atom. The molecule has 1 N–H and O–H groups in total. The van der Waals surface area contributed by atoms with E-state index in [-0.39, 0.29) is 0 Å². The predicted molar refractivity (Wildman–Crippen MR) is 46.3 cm³/mol. The molecule has 5 nitrogen and oxygen atoms in total. The molecule has 1 aromatic heterocycles. The van der Waals surface area contributed by atoms with E-state index in [0.717, 1.165) is 11.5 Å². The summed E-state index contributed by atoms with van der Waals surface area (Å²) >= 11 is 0. The molecule has 0 aliphatic carbocycles. The van der Waals surface area contributed by atoms with Crippen LogP contribution in [0, 0.1) is 6.92 Å². The number of hydrogen-bond acceptors (Lipinski definition) is 4. The summed E-state index contributed by atoms with van der Waals surface area (Å²) in [5.74, 6) is 2.08. The number of nitrogens with zero attached hydrogens (tertiary/aromatic N) is 4. The van der Waals surface area contributed by atoms with Crippen LogP contribution in [0.5, 0.6) is 0 Å². The van der Waals surface area contributed by atoms with Crippen LogP contribution in [0.15, 0.2) is 4.99 Å². The Kier molecular flexibility index (Phi) is 1.43. The highest BCUT2D eigenvalue weighted by Gasteiger charge is 2.15. The van der Waals surface area contributed by atoms with Crippen molar-refractivity contribution in [1.82, 2.24) is 15.3 Å². The summed E-state index contributed by atoms with van der Waals surface area (Å²) in [6.07, 6.45) is 1.49. The van der Waals surface area contributed by atoms with E-state index in [0.29, 0.717) is 11.6 Å². The lowest BCUT2D eigenvalue weighted by Crippen LogP contribution is -2.00. The molecule has 0 amide bonds. The van der Waals surface area contributed by atoms with Gasteiger partial charge in [0.2, 0.25) is 0 Å². The SMILES string of the molecule is CNc1nc(C)nc2c1[N]C=N2. The average molecular weight is 162 g/mol. The number of aryl methyl sites for hydroxylation is 1. The van der Waals surface area contributed by atoms with Crippen molar-refractivity contribution in [2.45, 2.75) is 6.92 Å². The fourth-order valence-corrected chi connectivity index (χ4v) is 1.08. The van der Waals surface area contributed by atoms with Gasteiger partial charge in [0, 0.05) is 7.05 Å². The third-order valence-corrected chi connectivity index (χ3v) is 1.58. The molecule has 5 heteroatoms. The molecule has 0 spiro atoms. The number of hydrogen-bond donors (Lipinski definition) is 1. The van der Waals surface area contributed by atoms with E-state index >= 15 is 0 Å². The number of nitrogens with one attached hydrogen (secondary N) is 1. The smallest absolute Gasteiger partial charge is 0.185 e. The van der Waals surface area contributed by atoms with E-state index in [1.807, 2.05) is 6.92 Å². The van der Waals surface area contributed by atoms with Gasteiger partial charge in [0.1, 0.15) is 12.2 Å². The van der Waals surface area contributed by atoms with Gasteiger partial charge in [-0.25, -0.2) is 20.3 Å². The van der Waals surface area contributed by atoms with Crippen molar-refractivity contribution >= 4 is 23.7 Å². The highest BCUT2D eigenvalue weighted by molar-refractivity contribution is 5.85. The van der Waals surface area contributed by atoms with Crippen LogP contribution in [-0.4, -0.2) is 23.4 Å². The molecule has 2 rings (SSSR count). The molecule has 0 unspecified atom stereocenters. The molecule has 2 heterocycles. The van der Waals surface area contributed by atoms with Gasteiger partial charge in [0.25, 0.3) is 0 Å². The maximum atomic E-state index is 4.17. The van der Waals surface area contributed by atoms with Gasteiger partial charge >= 0.3 is 0 Å². The molecule has 0 aromatic carbocycles. The zero-order valence-electron chi connectivity index (χ0n) is 6.87. The van der Waals surface area contributed by atoms with Crippen LogP contribution in [0.3, 0.4) is 0 Å². The second-order valence-corrected chi connectivity index (χ2v) is 2.42. The van der Waals surface area contributed by atoms with Crippen molar-refractivity contribution in [3.05, 3.63) is 5.82 Å². The van der Waals surface area contributed by atoms with Crippen molar-refractivity contribution in [3.63, 3.8) is 0 Å². The summed E-state index contributed by atoms with van der Waals surface area (Å²) in [6.45, 7) is 1.83. The zero-order valence-corrected chi connectivity index (χ0v) is 6.87. The number of fused-ring (bicyclic) bond motifs is 1. The first kappa shape index (κ1) is 7.02. The minimum absolute atomic E-state index is 0.645. The van der Waals surface area contributed by atoms with E-state index in [1.54, 1.807) is 7.05 Å². The van der Waals surface area contributed by atoms with Crippen LogP contribution < -0.4 is 10.6 Å². The van der Waals surface area contributed by atoms with Gasteiger partial charge in [-0.15, -0.1) is 0 Å². The maximum absolute atomic E-state index is 4.17. The summed E-state index contributed by atoms with van der Waals surface area (Å²) in [4.78, 5) is 12.3. The van der Waals surface area contributed by atoms with Gasteiger partial charge in [-0.2, -0.15) is 0 Å². The zero-order chi connectivity index (χ0) is 8.55. The Morgan fingerprint density at radius 2 is 2.17 bits per heavy atom.